The molecule has 12 nitrogen and oxygen atoms in total. The van der Waals surface area contributed by atoms with Gasteiger partial charge in [-0.3, -0.25) is 14.9 Å². The average Bonchev–Trinajstić information content (AvgIpc) is 3.14. The highest BCUT2D eigenvalue weighted by atomic mass is 16.6. The molecule has 286 valence electrons. The van der Waals surface area contributed by atoms with E-state index in [4.69, 9.17) is 9.47 Å². The van der Waals surface area contributed by atoms with Crippen LogP contribution in [0.3, 0.4) is 0 Å². The summed E-state index contributed by atoms with van der Waals surface area (Å²) >= 11 is 0. The van der Waals surface area contributed by atoms with Crippen molar-refractivity contribution in [3.63, 3.8) is 0 Å². The smallest absolute Gasteiger partial charge is 0.411 e. The number of likely N-dealkylation sites (tertiary alicyclic amines) is 1. The molecule has 3 aromatic rings. The van der Waals surface area contributed by atoms with Crippen molar-refractivity contribution in [2.24, 2.45) is 0 Å². The lowest BCUT2D eigenvalue weighted by Gasteiger charge is -2.32. The molecule has 3 aromatic carbocycles. The second-order valence-corrected chi connectivity index (χ2v) is 14.5. The maximum atomic E-state index is 12.9. The summed E-state index contributed by atoms with van der Waals surface area (Å²) in [5, 5.41) is 6.20. The molecular formula is C41H56N6O6. The highest BCUT2D eigenvalue weighted by Crippen LogP contribution is 2.28. The van der Waals surface area contributed by atoms with Crippen LogP contribution in [0.2, 0.25) is 0 Å². The first kappa shape index (κ1) is 40.7. The number of rotatable bonds is 15. The van der Waals surface area contributed by atoms with Gasteiger partial charge in [0, 0.05) is 90.2 Å². The molecule has 1 saturated heterocycles. The summed E-state index contributed by atoms with van der Waals surface area (Å²) in [6.07, 6.45) is 1.46. The summed E-state index contributed by atoms with van der Waals surface area (Å²) in [5.41, 5.74) is 3.53. The molecule has 1 fully saturated rings. The minimum Gasteiger partial charge on any atom is -0.446 e. The van der Waals surface area contributed by atoms with Crippen LogP contribution in [0.1, 0.15) is 56.8 Å². The Bertz CT molecular complexity index is 1640. The molecule has 0 unspecified atom stereocenters. The van der Waals surface area contributed by atoms with Crippen LogP contribution in [-0.4, -0.2) is 122 Å². The molecule has 0 spiro atoms. The van der Waals surface area contributed by atoms with Crippen molar-refractivity contribution in [3.8, 4) is 11.1 Å². The van der Waals surface area contributed by atoms with Crippen LogP contribution in [0.15, 0.2) is 78.9 Å². The van der Waals surface area contributed by atoms with E-state index < -0.39 is 11.7 Å². The van der Waals surface area contributed by atoms with Crippen molar-refractivity contribution in [1.82, 2.24) is 19.6 Å². The second-order valence-electron chi connectivity index (χ2n) is 14.5. The number of anilines is 2. The average molecular weight is 729 g/mol. The van der Waals surface area contributed by atoms with Gasteiger partial charge in [0.2, 0.25) is 5.91 Å². The maximum Gasteiger partial charge on any atom is 0.411 e. The van der Waals surface area contributed by atoms with Crippen LogP contribution >= 0.6 is 0 Å². The van der Waals surface area contributed by atoms with E-state index in [2.05, 4.69) is 15.5 Å². The van der Waals surface area contributed by atoms with E-state index in [1.807, 2.05) is 94.5 Å². The number of benzene rings is 3. The monoisotopic (exact) mass is 728 g/mol. The quantitative estimate of drug-likeness (QED) is 0.178. The van der Waals surface area contributed by atoms with Crippen molar-refractivity contribution in [1.29, 1.82) is 0 Å². The van der Waals surface area contributed by atoms with Crippen LogP contribution in [0.25, 0.3) is 11.1 Å². The van der Waals surface area contributed by atoms with Crippen LogP contribution in [0.4, 0.5) is 21.0 Å². The Morgan fingerprint density at radius 3 is 2.11 bits per heavy atom. The fourth-order valence-electron chi connectivity index (χ4n) is 5.95. The Labute approximate surface area is 314 Å². The highest BCUT2D eigenvalue weighted by molar-refractivity contribution is 5.94. The van der Waals surface area contributed by atoms with Crippen molar-refractivity contribution in [3.05, 3.63) is 84.4 Å². The Balaban J connectivity index is 1.09. The number of nitrogens with zero attached hydrogens (tertiary/aromatic N) is 4. The lowest BCUT2D eigenvalue weighted by molar-refractivity contribution is -0.129. The van der Waals surface area contributed by atoms with Gasteiger partial charge in [-0.15, -0.1) is 0 Å². The Morgan fingerprint density at radius 1 is 0.792 bits per heavy atom. The summed E-state index contributed by atoms with van der Waals surface area (Å²) in [5.74, 6) is -0.0508. The summed E-state index contributed by atoms with van der Waals surface area (Å²) in [6, 6.07) is 24.8. The van der Waals surface area contributed by atoms with Gasteiger partial charge in [0.15, 0.2) is 0 Å². The minimum absolute atomic E-state index is 0.0499. The largest absolute Gasteiger partial charge is 0.446 e. The Morgan fingerprint density at radius 2 is 1.43 bits per heavy atom. The third kappa shape index (κ3) is 13.4. The summed E-state index contributed by atoms with van der Waals surface area (Å²) in [6.45, 7) is 9.89. The number of amides is 4. The number of carbonyl (C=O) groups excluding carboxylic acids is 4. The fraction of sp³-hybridized carbons (Fsp3) is 0.463. The van der Waals surface area contributed by atoms with Crippen LogP contribution in [0, 0.1) is 0 Å². The third-order valence-corrected chi connectivity index (χ3v) is 9.07. The molecule has 0 bridgehead atoms. The predicted molar refractivity (Wildman–Crippen MR) is 209 cm³/mol. The molecule has 0 saturated carbocycles. The first-order valence-corrected chi connectivity index (χ1v) is 18.4. The van der Waals surface area contributed by atoms with E-state index in [-0.39, 0.29) is 24.0 Å². The van der Waals surface area contributed by atoms with Gasteiger partial charge in [-0.05, 0) is 75.9 Å². The van der Waals surface area contributed by atoms with Crippen molar-refractivity contribution >= 4 is 35.4 Å². The Kier molecular flexibility index (Phi) is 15.1. The molecule has 2 N–H and O–H groups in total. The number of hydrogen-bond acceptors (Lipinski definition) is 8. The zero-order valence-electron chi connectivity index (χ0n) is 32.1. The number of nitrogens with one attached hydrogen (secondary N) is 2. The van der Waals surface area contributed by atoms with E-state index in [1.165, 1.54) is 4.90 Å². The van der Waals surface area contributed by atoms with Crippen LogP contribution < -0.4 is 10.6 Å². The van der Waals surface area contributed by atoms with E-state index in [1.54, 1.807) is 36.0 Å². The van der Waals surface area contributed by atoms with Gasteiger partial charge in [0.25, 0.3) is 5.91 Å². The van der Waals surface area contributed by atoms with Crippen molar-refractivity contribution in [2.45, 2.75) is 58.2 Å². The van der Waals surface area contributed by atoms with Gasteiger partial charge >= 0.3 is 12.2 Å². The third-order valence-electron chi connectivity index (χ3n) is 9.07. The minimum atomic E-state index is -0.552. The Hall–Kier alpha value is -5.10. The molecule has 4 rings (SSSR count). The molecule has 4 amide bonds. The fourth-order valence-corrected chi connectivity index (χ4v) is 5.95. The highest BCUT2D eigenvalue weighted by Gasteiger charge is 2.24. The molecule has 0 atom stereocenters. The topological polar surface area (TPSA) is 124 Å². The van der Waals surface area contributed by atoms with Gasteiger partial charge in [-0.25, -0.2) is 9.59 Å². The van der Waals surface area contributed by atoms with Gasteiger partial charge < -0.3 is 34.4 Å². The lowest BCUT2D eigenvalue weighted by atomic mass is 10.0. The summed E-state index contributed by atoms with van der Waals surface area (Å²) in [4.78, 5) is 57.8. The maximum absolute atomic E-state index is 12.9. The lowest BCUT2D eigenvalue weighted by Crippen LogP contribution is -2.42. The molecule has 1 heterocycles. The molecule has 1 aliphatic heterocycles. The molecular weight excluding hydrogens is 672 g/mol. The standard InChI is InChI=1S/C41H56N6O6/c1-41(2,3)53-40(51)46(6)26-12-25-45(5)38(49)32-17-19-33(20-18-32)42-24-21-37(48)44(4)29-30-47-27-22-34(23-28-47)52-39(50)43-36-16-11-10-15-35(36)31-13-8-7-9-14-31/h7-11,13-20,34,42H,12,21-30H2,1-6H3,(H,43,50). The first-order chi connectivity index (χ1) is 25.3. The van der Waals surface area contributed by atoms with Crippen LogP contribution in [0.5, 0.6) is 0 Å². The number of piperidine rings is 1. The summed E-state index contributed by atoms with van der Waals surface area (Å²) in [7, 11) is 5.26. The zero-order chi connectivity index (χ0) is 38.4. The molecule has 0 aliphatic carbocycles. The number of hydrogen-bond donors (Lipinski definition) is 2. The second kappa shape index (κ2) is 19.7. The molecule has 0 aromatic heterocycles. The van der Waals surface area contributed by atoms with Gasteiger partial charge in [0.05, 0.1) is 5.69 Å². The normalized spacial score (nSPS) is 13.5. The molecule has 0 radical (unpaired) electrons. The summed E-state index contributed by atoms with van der Waals surface area (Å²) < 4.78 is 11.1. The number of ether oxygens (including phenoxy) is 2. The van der Waals surface area contributed by atoms with E-state index in [9.17, 15) is 19.2 Å². The van der Waals surface area contributed by atoms with Crippen molar-refractivity contribution in [2.75, 3.05) is 77.6 Å². The van der Waals surface area contributed by atoms with E-state index >= 15 is 0 Å². The number of para-hydroxylation sites is 1. The van der Waals surface area contributed by atoms with Gasteiger partial charge in [-0.1, -0.05) is 48.5 Å². The van der Waals surface area contributed by atoms with E-state index in [0.717, 1.165) is 49.3 Å². The van der Waals surface area contributed by atoms with E-state index in [0.29, 0.717) is 50.3 Å². The molecule has 1 aliphatic rings. The number of likely N-dealkylation sites (N-methyl/N-ethyl adjacent to an activating group) is 1. The predicted octanol–water partition coefficient (Wildman–Crippen LogP) is 6.66. The molecule has 12 heteroatoms. The van der Waals surface area contributed by atoms with Crippen molar-refractivity contribution < 1.29 is 28.7 Å². The van der Waals surface area contributed by atoms with Gasteiger partial charge in [0.1, 0.15) is 11.7 Å². The van der Waals surface area contributed by atoms with Gasteiger partial charge in [-0.2, -0.15) is 0 Å². The SMILES string of the molecule is CN(CCN1CCC(OC(=O)Nc2ccccc2-c2ccccc2)CC1)C(=O)CCNc1ccc(C(=O)N(C)CCCN(C)C(=O)OC(C)(C)C)cc1. The first-order valence-electron chi connectivity index (χ1n) is 18.4. The number of carbonyl (C=O) groups is 4. The van der Waals surface area contributed by atoms with Crippen LogP contribution in [-0.2, 0) is 14.3 Å². The molecule has 53 heavy (non-hydrogen) atoms. The zero-order valence-corrected chi connectivity index (χ0v) is 32.1.